The Morgan fingerprint density at radius 3 is 2.85 bits per heavy atom. The third-order valence-corrected chi connectivity index (χ3v) is 1.69. The molecule has 13 heavy (non-hydrogen) atoms. The highest BCUT2D eigenvalue weighted by atomic mass is 16.5. The zero-order valence-corrected chi connectivity index (χ0v) is 7.50. The molecule has 0 radical (unpaired) electrons. The van der Waals surface area contributed by atoms with Crippen LogP contribution in [0.1, 0.15) is 11.8 Å². The van der Waals surface area contributed by atoms with Crippen molar-refractivity contribution in [3.63, 3.8) is 0 Å². The fraction of sp³-hybridized carbons (Fsp3) is 0.222. The fourth-order valence-electron chi connectivity index (χ4n) is 0.981. The van der Waals surface area contributed by atoms with E-state index in [1.807, 2.05) is 0 Å². The van der Waals surface area contributed by atoms with Gasteiger partial charge in [-0.1, -0.05) is 0 Å². The van der Waals surface area contributed by atoms with Crippen LogP contribution in [0, 0.1) is 0 Å². The summed E-state index contributed by atoms with van der Waals surface area (Å²) in [5.74, 6) is -0.313. The molecule has 0 bridgehead atoms. The average Bonchev–Trinajstić information content (AvgIpc) is 2.17. The number of aromatic hydroxyl groups is 1. The lowest BCUT2D eigenvalue weighted by Crippen LogP contribution is -2.01. The first-order chi connectivity index (χ1) is 6.19. The molecule has 0 aliphatic heterocycles. The number of phenols is 1. The van der Waals surface area contributed by atoms with Crippen LogP contribution in [-0.2, 0) is 4.74 Å². The second-order valence-corrected chi connectivity index (χ2v) is 2.47. The van der Waals surface area contributed by atoms with Gasteiger partial charge < -0.3 is 15.2 Å². The lowest BCUT2D eigenvalue weighted by Gasteiger charge is -2.05. The van der Waals surface area contributed by atoms with Gasteiger partial charge in [0.1, 0.15) is 5.75 Å². The lowest BCUT2D eigenvalue weighted by atomic mass is 10.2. The lowest BCUT2D eigenvalue weighted by molar-refractivity contribution is 0.0601. The van der Waals surface area contributed by atoms with Crippen LogP contribution in [0.25, 0.3) is 0 Å². The second kappa shape index (κ2) is 3.80. The van der Waals surface area contributed by atoms with Gasteiger partial charge in [-0.15, -0.1) is 0 Å². The molecule has 0 atom stereocenters. The van der Waals surface area contributed by atoms with Gasteiger partial charge in [-0.2, -0.15) is 0 Å². The number of carbonyl (C=O) groups is 1. The predicted molar refractivity (Wildman–Crippen MR) is 51.1 cm³/mol. The number of anilines is 1. The average molecular weight is 183 g/mol. The molecule has 1 aromatic rings. The maximum atomic E-state index is 11.1. The van der Waals surface area contributed by atoms with Gasteiger partial charge in [0.05, 0.1) is 18.4 Å². The SMILES string of the molecule is CNc1cc(C(=O)OC)ccc1O.[HH]. The molecule has 4 heteroatoms. The van der Waals surface area contributed by atoms with Crippen LogP contribution >= 0.6 is 0 Å². The number of hydrogen-bond donors (Lipinski definition) is 2. The summed E-state index contributed by atoms with van der Waals surface area (Å²) in [6, 6.07) is 4.47. The Hall–Kier alpha value is -1.71. The Kier molecular flexibility index (Phi) is 2.74. The van der Waals surface area contributed by atoms with E-state index in [4.69, 9.17) is 0 Å². The summed E-state index contributed by atoms with van der Waals surface area (Å²) in [7, 11) is 2.98. The number of hydrogen-bond acceptors (Lipinski definition) is 4. The van der Waals surface area contributed by atoms with Gasteiger partial charge in [-0.05, 0) is 18.2 Å². The Labute approximate surface area is 77.6 Å². The van der Waals surface area contributed by atoms with Crippen LogP contribution in [0.2, 0.25) is 0 Å². The molecule has 0 spiro atoms. The molecule has 0 heterocycles. The Morgan fingerprint density at radius 1 is 1.62 bits per heavy atom. The first-order valence-electron chi connectivity index (χ1n) is 3.78. The highest BCUT2D eigenvalue weighted by Gasteiger charge is 2.07. The van der Waals surface area contributed by atoms with Crippen molar-refractivity contribution < 1.29 is 16.1 Å². The predicted octanol–water partition coefficient (Wildman–Crippen LogP) is 1.47. The van der Waals surface area contributed by atoms with E-state index in [0.29, 0.717) is 11.3 Å². The molecule has 1 aromatic carbocycles. The monoisotopic (exact) mass is 183 g/mol. The number of rotatable bonds is 2. The van der Waals surface area contributed by atoms with Gasteiger partial charge in [-0.25, -0.2) is 4.79 Å². The zero-order valence-electron chi connectivity index (χ0n) is 7.50. The number of phenolic OH excluding ortho intramolecular Hbond substituents is 1. The number of nitrogens with one attached hydrogen (secondary N) is 1. The minimum atomic E-state index is -0.420. The van der Waals surface area contributed by atoms with Crippen molar-refractivity contribution in [1.82, 2.24) is 0 Å². The largest absolute Gasteiger partial charge is 0.506 e. The van der Waals surface area contributed by atoms with Crippen LogP contribution in [0.4, 0.5) is 5.69 Å². The first-order valence-corrected chi connectivity index (χ1v) is 3.78. The quantitative estimate of drug-likeness (QED) is 0.538. The zero-order chi connectivity index (χ0) is 9.84. The summed E-state index contributed by atoms with van der Waals surface area (Å²) in [6.45, 7) is 0. The fourth-order valence-corrected chi connectivity index (χ4v) is 0.981. The Balaban J connectivity index is 0.00000169. The van der Waals surface area contributed by atoms with Crippen LogP contribution in [0.3, 0.4) is 0 Å². The second-order valence-electron chi connectivity index (χ2n) is 2.47. The maximum absolute atomic E-state index is 11.1. The minimum Gasteiger partial charge on any atom is -0.506 e. The topological polar surface area (TPSA) is 58.6 Å². The Morgan fingerprint density at radius 2 is 2.31 bits per heavy atom. The van der Waals surface area contributed by atoms with Crippen molar-refractivity contribution in [3.05, 3.63) is 23.8 Å². The van der Waals surface area contributed by atoms with E-state index in [9.17, 15) is 9.90 Å². The van der Waals surface area contributed by atoms with Crippen molar-refractivity contribution in [3.8, 4) is 5.75 Å². The molecule has 0 aromatic heterocycles. The smallest absolute Gasteiger partial charge is 0.337 e. The standard InChI is InChI=1S/C9H11NO3.H2/c1-10-7-5-6(9(12)13-2)3-4-8(7)11;/h3-5,10-11H,1-2H3;1H. The molecule has 0 aliphatic carbocycles. The van der Waals surface area contributed by atoms with E-state index < -0.39 is 5.97 Å². The summed E-state index contributed by atoms with van der Waals surface area (Å²) in [4.78, 5) is 11.1. The number of carbonyl (C=O) groups excluding carboxylic acids is 1. The van der Waals surface area contributed by atoms with Gasteiger partial charge in [0.15, 0.2) is 0 Å². The van der Waals surface area contributed by atoms with Gasteiger partial charge >= 0.3 is 5.97 Å². The number of esters is 1. The summed E-state index contributed by atoms with van der Waals surface area (Å²) < 4.78 is 4.53. The van der Waals surface area contributed by atoms with Gasteiger partial charge in [0.25, 0.3) is 0 Å². The molecule has 1 rings (SSSR count). The summed E-state index contributed by atoms with van der Waals surface area (Å²) in [5, 5.41) is 12.0. The molecule has 0 saturated carbocycles. The van der Waals surface area contributed by atoms with Crippen molar-refractivity contribution in [2.24, 2.45) is 0 Å². The molecule has 2 N–H and O–H groups in total. The molecule has 0 amide bonds. The highest BCUT2D eigenvalue weighted by molar-refractivity contribution is 5.91. The highest BCUT2D eigenvalue weighted by Crippen LogP contribution is 2.23. The van der Waals surface area contributed by atoms with Gasteiger partial charge in [-0.3, -0.25) is 0 Å². The molecular formula is C9H13NO3. The van der Waals surface area contributed by atoms with E-state index in [1.165, 1.54) is 25.3 Å². The van der Waals surface area contributed by atoms with E-state index in [-0.39, 0.29) is 7.18 Å². The molecule has 4 nitrogen and oxygen atoms in total. The third-order valence-electron chi connectivity index (χ3n) is 1.69. The third kappa shape index (κ3) is 1.90. The van der Waals surface area contributed by atoms with E-state index in [2.05, 4.69) is 10.1 Å². The molecule has 0 aliphatic rings. The van der Waals surface area contributed by atoms with Crippen molar-refractivity contribution >= 4 is 11.7 Å². The number of benzene rings is 1. The first kappa shape index (κ1) is 9.38. The minimum absolute atomic E-state index is 0. The van der Waals surface area contributed by atoms with Crippen molar-refractivity contribution in [2.45, 2.75) is 0 Å². The molecule has 0 fully saturated rings. The van der Waals surface area contributed by atoms with Crippen LogP contribution in [0.5, 0.6) is 5.75 Å². The van der Waals surface area contributed by atoms with Gasteiger partial charge in [0, 0.05) is 8.47 Å². The van der Waals surface area contributed by atoms with Crippen LogP contribution in [0.15, 0.2) is 18.2 Å². The Bertz CT molecular complexity index is 328. The number of ether oxygens (including phenoxy) is 1. The summed E-state index contributed by atoms with van der Waals surface area (Å²) in [6.07, 6.45) is 0. The van der Waals surface area contributed by atoms with Crippen LogP contribution < -0.4 is 5.32 Å². The number of methoxy groups -OCH3 is 1. The molecule has 72 valence electrons. The van der Waals surface area contributed by atoms with Crippen molar-refractivity contribution in [2.75, 3.05) is 19.5 Å². The molecule has 0 unspecified atom stereocenters. The molecule has 0 saturated heterocycles. The van der Waals surface area contributed by atoms with E-state index in [0.717, 1.165) is 0 Å². The van der Waals surface area contributed by atoms with Crippen LogP contribution in [-0.4, -0.2) is 25.2 Å². The van der Waals surface area contributed by atoms with E-state index in [1.54, 1.807) is 7.05 Å². The van der Waals surface area contributed by atoms with E-state index >= 15 is 0 Å². The normalized spacial score (nSPS) is 9.38. The maximum Gasteiger partial charge on any atom is 0.337 e. The van der Waals surface area contributed by atoms with Crippen molar-refractivity contribution in [1.29, 1.82) is 0 Å². The summed E-state index contributed by atoms with van der Waals surface area (Å²) in [5.41, 5.74) is 0.910. The van der Waals surface area contributed by atoms with Gasteiger partial charge in [0.2, 0.25) is 0 Å². The summed E-state index contributed by atoms with van der Waals surface area (Å²) >= 11 is 0. The molecular weight excluding hydrogens is 170 g/mol.